The zero-order chi connectivity index (χ0) is 30.5. The highest BCUT2D eigenvalue weighted by molar-refractivity contribution is 7.92. The number of carbonyl (C=O) groups is 2. The Morgan fingerprint density at radius 2 is 1.56 bits per heavy atom. The fraction of sp³-hybridized carbons (Fsp3) is 0.333. The second kappa shape index (κ2) is 13.5. The van der Waals surface area contributed by atoms with E-state index >= 15 is 0 Å². The standard InChI is InChI=1S/C30H34Cl3N3O4S/c1-20-15-23(31)12-14-26(20)36(41(5,39)40)19-28(37)35(18-22-11-13-24(32)25(33)16-22)27(29(38)34-30(2,3)4)17-21-9-7-6-8-10-21/h6-16,27H,17-19H2,1-5H3,(H,34,38)/t27-/m0/s1. The van der Waals surface area contributed by atoms with Crippen LogP contribution in [-0.4, -0.2) is 49.5 Å². The Bertz CT molecular complexity index is 1510. The van der Waals surface area contributed by atoms with Crippen molar-refractivity contribution < 1.29 is 18.0 Å². The molecule has 3 aromatic carbocycles. The van der Waals surface area contributed by atoms with Gasteiger partial charge < -0.3 is 10.2 Å². The van der Waals surface area contributed by atoms with Crippen molar-refractivity contribution in [2.45, 2.75) is 52.2 Å². The largest absolute Gasteiger partial charge is 0.350 e. The number of benzene rings is 3. The Morgan fingerprint density at radius 1 is 0.902 bits per heavy atom. The Balaban J connectivity index is 2.11. The third-order valence-electron chi connectivity index (χ3n) is 6.21. The molecule has 220 valence electrons. The molecular formula is C30H34Cl3N3O4S. The lowest BCUT2D eigenvalue weighted by Gasteiger charge is -2.35. The second-order valence-electron chi connectivity index (χ2n) is 10.9. The van der Waals surface area contributed by atoms with Gasteiger partial charge in [-0.3, -0.25) is 13.9 Å². The third kappa shape index (κ3) is 9.36. The number of sulfonamides is 1. The summed E-state index contributed by atoms with van der Waals surface area (Å²) in [4.78, 5) is 29.3. The van der Waals surface area contributed by atoms with E-state index in [1.54, 1.807) is 43.3 Å². The summed E-state index contributed by atoms with van der Waals surface area (Å²) in [5.74, 6) is -0.941. The summed E-state index contributed by atoms with van der Waals surface area (Å²) in [6.07, 6.45) is 1.24. The molecule has 1 atom stereocenters. The molecule has 0 saturated heterocycles. The minimum atomic E-state index is -3.90. The van der Waals surface area contributed by atoms with Crippen LogP contribution >= 0.6 is 34.8 Å². The Morgan fingerprint density at radius 3 is 2.12 bits per heavy atom. The minimum absolute atomic E-state index is 0.0119. The fourth-order valence-corrected chi connectivity index (χ4v) is 5.79. The van der Waals surface area contributed by atoms with Crippen molar-refractivity contribution in [2.24, 2.45) is 0 Å². The number of nitrogens with zero attached hydrogens (tertiary/aromatic N) is 2. The minimum Gasteiger partial charge on any atom is -0.350 e. The van der Waals surface area contributed by atoms with Crippen LogP contribution < -0.4 is 9.62 Å². The van der Waals surface area contributed by atoms with Crippen LogP contribution in [0, 0.1) is 6.92 Å². The molecule has 1 N–H and O–H groups in total. The molecule has 0 aliphatic rings. The lowest BCUT2D eigenvalue weighted by molar-refractivity contribution is -0.140. The maximum Gasteiger partial charge on any atom is 0.244 e. The first-order valence-electron chi connectivity index (χ1n) is 12.9. The van der Waals surface area contributed by atoms with E-state index in [1.165, 1.54) is 4.90 Å². The molecule has 7 nitrogen and oxygen atoms in total. The molecule has 0 heterocycles. The van der Waals surface area contributed by atoms with Gasteiger partial charge in [-0.2, -0.15) is 0 Å². The van der Waals surface area contributed by atoms with Crippen LogP contribution in [0.3, 0.4) is 0 Å². The van der Waals surface area contributed by atoms with Crippen molar-refractivity contribution in [3.8, 4) is 0 Å². The van der Waals surface area contributed by atoms with Crippen molar-refractivity contribution in [3.05, 3.63) is 98.5 Å². The van der Waals surface area contributed by atoms with Gasteiger partial charge in [-0.05, 0) is 74.7 Å². The van der Waals surface area contributed by atoms with Gasteiger partial charge in [0, 0.05) is 23.5 Å². The normalized spacial score (nSPS) is 12.5. The molecule has 0 fully saturated rings. The van der Waals surface area contributed by atoms with Crippen molar-refractivity contribution in [1.29, 1.82) is 0 Å². The first-order chi connectivity index (χ1) is 19.0. The molecule has 0 bridgehead atoms. The summed E-state index contributed by atoms with van der Waals surface area (Å²) in [7, 11) is -3.90. The highest BCUT2D eigenvalue weighted by Crippen LogP contribution is 2.27. The Labute approximate surface area is 257 Å². The predicted molar refractivity (Wildman–Crippen MR) is 167 cm³/mol. The number of hydrogen-bond acceptors (Lipinski definition) is 4. The van der Waals surface area contributed by atoms with Gasteiger partial charge in [0.25, 0.3) is 0 Å². The maximum absolute atomic E-state index is 14.2. The van der Waals surface area contributed by atoms with E-state index in [1.807, 2.05) is 51.1 Å². The van der Waals surface area contributed by atoms with Crippen LogP contribution in [0.4, 0.5) is 5.69 Å². The Kier molecular flexibility index (Phi) is 10.7. The van der Waals surface area contributed by atoms with Crippen molar-refractivity contribution in [2.75, 3.05) is 17.1 Å². The van der Waals surface area contributed by atoms with Gasteiger partial charge in [0.1, 0.15) is 12.6 Å². The van der Waals surface area contributed by atoms with Crippen LogP contribution in [0.2, 0.25) is 15.1 Å². The number of carbonyl (C=O) groups excluding carboxylic acids is 2. The number of aryl methyl sites for hydroxylation is 1. The Hall–Kier alpha value is -2.78. The number of nitrogens with one attached hydrogen (secondary N) is 1. The van der Waals surface area contributed by atoms with Crippen LogP contribution in [0.1, 0.15) is 37.5 Å². The molecule has 0 saturated carbocycles. The molecule has 3 aromatic rings. The molecule has 0 radical (unpaired) electrons. The third-order valence-corrected chi connectivity index (χ3v) is 8.31. The van der Waals surface area contributed by atoms with Crippen LogP contribution in [0.5, 0.6) is 0 Å². The number of rotatable bonds is 10. The van der Waals surface area contributed by atoms with E-state index in [-0.39, 0.29) is 18.9 Å². The SMILES string of the molecule is Cc1cc(Cl)ccc1N(CC(=O)N(Cc1ccc(Cl)c(Cl)c1)[C@@H](Cc1ccccc1)C(=O)NC(C)(C)C)S(C)(=O)=O. The first kappa shape index (κ1) is 32.7. The molecule has 0 aliphatic heterocycles. The number of anilines is 1. The van der Waals surface area contributed by atoms with Crippen molar-refractivity contribution >= 4 is 62.3 Å². The summed E-state index contributed by atoms with van der Waals surface area (Å²) >= 11 is 18.5. The molecule has 0 spiro atoms. The number of hydrogen-bond donors (Lipinski definition) is 1. The summed E-state index contributed by atoms with van der Waals surface area (Å²) in [5.41, 5.74) is 1.78. The van der Waals surface area contributed by atoms with E-state index in [0.717, 1.165) is 16.1 Å². The van der Waals surface area contributed by atoms with Crippen LogP contribution in [0.25, 0.3) is 0 Å². The molecule has 3 rings (SSSR count). The molecule has 0 aliphatic carbocycles. The molecule has 41 heavy (non-hydrogen) atoms. The van der Waals surface area contributed by atoms with Gasteiger partial charge >= 0.3 is 0 Å². The second-order valence-corrected chi connectivity index (χ2v) is 14.1. The van der Waals surface area contributed by atoms with Gasteiger partial charge in [0.05, 0.1) is 22.0 Å². The monoisotopic (exact) mass is 637 g/mol. The topological polar surface area (TPSA) is 86.8 Å². The smallest absolute Gasteiger partial charge is 0.244 e. The summed E-state index contributed by atoms with van der Waals surface area (Å²) in [6, 6.07) is 18.1. The number of amides is 2. The van der Waals surface area contributed by atoms with E-state index in [9.17, 15) is 18.0 Å². The molecule has 0 unspecified atom stereocenters. The summed E-state index contributed by atoms with van der Waals surface area (Å²) < 4.78 is 27.0. The number of halogens is 3. The summed E-state index contributed by atoms with van der Waals surface area (Å²) in [5, 5.41) is 4.07. The molecule has 0 aromatic heterocycles. The molecule has 2 amide bonds. The highest BCUT2D eigenvalue weighted by atomic mass is 35.5. The van der Waals surface area contributed by atoms with E-state index in [0.29, 0.717) is 31.9 Å². The average molecular weight is 639 g/mol. The lowest BCUT2D eigenvalue weighted by atomic mass is 10.0. The van der Waals surface area contributed by atoms with Crippen molar-refractivity contribution in [1.82, 2.24) is 10.2 Å². The van der Waals surface area contributed by atoms with Crippen molar-refractivity contribution in [3.63, 3.8) is 0 Å². The van der Waals surface area contributed by atoms with Crippen LogP contribution in [-0.2, 0) is 32.6 Å². The molecular weight excluding hydrogens is 605 g/mol. The van der Waals surface area contributed by atoms with Gasteiger partial charge in [-0.1, -0.05) is 71.2 Å². The van der Waals surface area contributed by atoms with E-state index in [4.69, 9.17) is 34.8 Å². The maximum atomic E-state index is 14.2. The van der Waals surface area contributed by atoms with Gasteiger partial charge in [0.15, 0.2) is 0 Å². The average Bonchev–Trinajstić information content (AvgIpc) is 2.86. The van der Waals surface area contributed by atoms with Gasteiger partial charge in [-0.25, -0.2) is 8.42 Å². The predicted octanol–water partition coefficient (Wildman–Crippen LogP) is 6.28. The lowest BCUT2D eigenvalue weighted by Crippen LogP contribution is -2.56. The molecule has 11 heteroatoms. The van der Waals surface area contributed by atoms with E-state index < -0.39 is 34.1 Å². The zero-order valence-corrected chi connectivity index (χ0v) is 26.7. The summed E-state index contributed by atoms with van der Waals surface area (Å²) in [6.45, 7) is 6.73. The highest BCUT2D eigenvalue weighted by Gasteiger charge is 2.34. The van der Waals surface area contributed by atoms with Crippen LogP contribution in [0.15, 0.2) is 66.7 Å². The zero-order valence-electron chi connectivity index (χ0n) is 23.6. The van der Waals surface area contributed by atoms with Gasteiger partial charge in [0.2, 0.25) is 21.8 Å². The first-order valence-corrected chi connectivity index (χ1v) is 15.9. The van der Waals surface area contributed by atoms with E-state index in [2.05, 4.69) is 5.32 Å². The fourth-order valence-electron chi connectivity index (χ4n) is 4.34. The van der Waals surface area contributed by atoms with Gasteiger partial charge in [-0.15, -0.1) is 0 Å². The quantitative estimate of drug-likeness (QED) is 0.283.